The maximum absolute atomic E-state index is 13.0. The van der Waals surface area contributed by atoms with E-state index in [1.54, 1.807) is 24.3 Å². The zero-order chi connectivity index (χ0) is 23.5. The largest absolute Gasteiger partial charge is 0.459 e. The lowest BCUT2D eigenvalue weighted by molar-refractivity contribution is -0.153. The third kappa shape index (κ3) is 4.45. The summed E-state index contributed by atoms with van der Waals surface area (Å²) in [6, 6.07) is 15.3. The van der Waals surface area contributed by atoms with Gasteiger partial charge in [0.1, 0.15) is 6.04 Å². The zero-order valence-corrected chi connectivity index (χ0v) is 18.2. The van der Waals surface area contributed by atoms with E-state index in [2.05, 4.69) is 5.32 Å². The Balaban J connectivity index is 1.21. The Labute approximate surface area is 195 Å². The number of nitrogens with zero attached hydrogens (tertiary/aromatic N) is 1. The van der Waals surface area contributed by atoms with Crippen molar-refractivity contribution >= 4 is 17.8 Å². The number of carbonyl (C=O) groups excluding carboxylic acids is 3. The highest BCUT2D eigenvalue weighted by molar-refractivity contribution is 5.95. The van der Waals surface area contributed by atoms with E-state index in [1.165, 1.54) is 11.2 Å². The van der Waals surface area contributed by atoms with E-state index >= 15 is 0 Å². The molecule has 1 aromatic heterocycles. The van der Waals surface area contributed by atoms with Crippen LogP contribution in [-0.2, 0) is 33.8 Å². The van der Waals surface area contributed by atoms with Crippen LogP contribution in [-0.4, -0.2) is 42.1 Å². The highest BCUT2D eigenvalue weighted by Crippen LogP contribution is 2.32. The highest BCUT2D eigenvalue weighted by atomic mass is 16.7. The zero-order valence-electron chi connectivity index (χ0n) is 18.2. The summed E-state index contributed by atoms with van der Waals surface area (Å²) < 4.78 is 21.1. The van der Waals surface area contributed by atoms with Gasteiger partial charge in [-0.3, -0.25) is 9.59 Å². The summed E-state index contributed by atoms with van der Waals surface area (Å²) in [5.41, 5.74) is 2.73. The maximum atomic E-state index is 13.0. The summed E-state index contributed by atoms with van der Waals surface area (Å²) >= 11 is 0. The molecule has 0 saturated heterocycles. The Hall–Kier alpha value is -4.27. The van der Waals surface area contributed by atoms with Crippen molar-refractivity contribution in [2.24, 2.45) is 0 Å². The smallest absolute Gasteiger partial charge is 0.329 e. The first kappa shape index (κ1) is 21.6. The fourth-order valence-corrected chi connectivity index (χ4v) is 4.02. The molecule has 0 radical (unpaired) electrons. The molecule has 2 aliphatic heterocycles. The van der Waals surface area contributed by atoms with Crippen LogP contribution in [0.15, 0.2) is 65.3 Å². The van der Waals surface area contributed by atoms with Crippen LogP contribution in [0.5, 0.6) is 11.5 Å². The number of amides is 2. The van der Waals surface area contributed by atoms with Gasteiger partial charge < -0.3 is 28.8 Å². The summed E-state index contributed by atoms with van der Waals surface area (Å²) in [7, 11) is 0. The molecular formula is C25H22N2O7. The van der Waals surface area contributed by atoms with Crippen molar-refractivity contribution in [1.82, 2.24) is 10.2 Å². The van der Waals surface area contributed by atoms with Crippen LogP contribution in [0.1, 0.15) is 27.2 Å². The number of hydrogen-bond donors (Lipinski definition) is 1. The molecular weight excluding hydrogens is 440 g/mol. The molecule has 174 valence electrons. The van der Waals surface area contributed by atoms with Gasteiger partial charge in [0.05, 0.1) is 6.26 Å². The summed E-state index contributed by atoms with van der Waals surface area (Å²) in [5, 5.41) is 2.71. The van der Waals surface area contributed by atoms with Crippen molar-refractivity contribution in [3.63, 3.8) is 0 Å². The highest BCUT2D eigenvalue weighted by Gasteiger charge is 2.37. The molecule has 2 amide bonds. The van der Waals surface area contributed by atoms with E-state index in [0.29, 0.717) is 17.9 Å². The molecule has 1 unspecified atom stereocenters. The van der Waals surface area contributed by atoms with Gasteiger partial charge in [0.25, 0.3) is 11.8 Å². The predicted octanol–water partition coefficient (Wildman–Crippen LogP) is 2.44. The molecule has 3 heterocycles. The van der Waals surface area contributed by atoms with Crippen LogP contribution in [0.3, 0.4) is 0 Å². The number of rotatable bonds is 6. The van der Waals surface area contributed by atoms with Gasteiger partial charge in [-0.25, -0.2) is 4.79 Å². The topological polar surface area (TPSA) is 107 Å². The summed E-state index contributed by atoms with van der Waals surface area (Å²) in [6.07, 6.45) is 1.70. The minimum Gasteiger partial charge on any atom is -0.459 e. The Morgan fingerprint density at radius 2 is 1.82 bits per heavy atom. The Bertz CT molecular complexity index is 1220. The second-order valence-corrected chi connectivity index (χ2v) is 7.97. The lowest BCUT2D eigenvalue weighted by Crippen LogP contribution is -2.49. The first-order valence-corrected chi connectivity index (χ1v) is 10.8. The van der Waals surface area contributed by atoms with Gasteiger partial charge in [-0.2, -0.15) is 0 Å². The van der Waals surface area contributed by atoms with Gasteiger partial charge in [-0.1, -0.05) is 30.3 Å². The van der Waals surface area contributed by atoms with E-state index in [-0.39, 0.29) is 25.6 Å². The third-order valence-corrected chi connectivity index (χ3v) is 5.79. The molecule has 9 nitrogen and oxygen atoms in total. The number of nitrogens with one attached hydrogen (secondary N) is 1. The number of ether oxygens (including phenoxy) is 3. The molecule has 0 spiro atoms. The standard InChI is InChI=1S/C25H22N2O7/c28-23(26-12-16-7-8-20-22(10-16)34-15-33-20)14-32-25(30)19-11-17-4-1-2-5-18(17)13-27(19)24(29)21-6-3-9-31-21/h1-10,19H,11-15H2,(H,26,28). The SMILES string of the molecule is O=C(COC(=O)C1Cc2ccccc2CN1C(=O)c1ccco1)NCc1ccc2c(c1)OCO2. The Kier molecular flexibility index (Phi) is 5.90. The maximum Gasteiger partial charge on any atom is 0.329 e. The van der Waals surface area contributed by atoms with Crippen molar-refractivity contribution in [2.75, 3.05) is 13.4 Å². The van der Waals surface area contributed by atoms with Crippen LogP contribution in [0, 0.1) is 0 Å². The minimum atomic E-state index is -0.867. The molecule has 0 bridgehead atoms. The van der Waals surface area contributed by atoms with E-state index in [4.69, 9.17) is 18.6 Å². The van der Waals surface area contributed by atoms with Crippen molar-refractivity contribution in [2.45, 2.75) is 25.6 Å². The van der Waals surface area contributed by atoms with Crippen molar-refractivity contribution in [3.8, 4) is 11.5 Å². The number of hydrogen-bond acceptors (Lipinski definition) is 7. The molecule has 34 heavy (non-hydrogen) atoms. The summed E-state index contributed by atoms with van der Waals surface area (Å²) in [4.78, 5) is 39.7. The van der Waals surface area contributed by atoms with Crippen LogP contribution < -0.4 is 14.8 Å². The molecule has 1 atom stereocenters. The van der Waals surface area contributed by atoms with E-state index in [1.807, 2.05) is 30.3 Å². The predicted molar refractivity (Wildman–Crippen MR) is 118 cm³/mol. The van der Waals surface area contributed by atoms with Gasteiger partial charge in [0.15, 0.2) is 23.9 Å². The van der Waals surface area contributed by atoms with E-state index < -0.39 is 30.4 Å². The summed E-state index contributed by atoms with van der Waals surface area (Å²) in [6.45, 7) is 0.204. The van der Waals surface area contributed by atoms with Gasteiger partial charge in [0, 0.05) is 19.5 Å². The number of furan rings is 1. The number of benzene rings is 2. The minimum absolute atomic E-state index is 0.138. The lowest BCUT2D eigenvalue weighted by atomic mass is 9.93. The summed E-state index contributed by atoms with van der Waals surface area (Å²) in [5.74, 6) is -0.0880. The number of fused-ring (bicyclic) bond motifs is 2. The fraction of sp³-hybridized carbons (Fsp3) is 0.240. The van der Waals surface area contributed by atoms with Gasteiger partial charge in [0.2, 0.25) is 6.79 Å². The normalized spacial score (nSPS) is 16.0. The second-order valence-electron chi connectivity index (χ2n) is 7.97. The molecule has 0 fully saturated rings. The van der Waals surface area contributed by atoms with Crippen LogP contribution in [0.2, 0.25) is 0 Å². The molecule has 1 N–H and O–H groups in total. The van der Waals surface area contributed by atoms with Gasteiger partial charge in [-0.15, -0.1) is 0 Å². The lowest BCUT2D eigenvalue weighted by Gasteiger charge is -2.34. The van der Waals surface area contributed by atoms with Crippen molar-refractivity contribution in [1.29, 1.82) is 0 Å². The number of carbonyl (C=O) groups is 3. The molecule has 0 saturated carbocycles. The molecule has 9 heteroatoms. The molecule has 2 aliphatic rings. The molecule has 0 aliphatic carbocycles. The third-order valence-electron chi connectivity index (χ3n) is 5.79. The Morgan fingerprint density at radius 3 is 2.65 bits per heavy atom. The van der Waals surface area contributed by atoms with Crippen LogP contribution in [0.25, 0.3) is 0 Å². The van der Waals surface area contributed by atoms with Gasteiger partial charge >= 0.3 is 5.97 Å². The quantitative estimate of drug-likeness (QED) is 0.561. The average Bonchev–Trinajstić information content (AvgIpc) is 3.57. The van der Waals surface area contributed by atoms with Gasteiger partial charge in [-0.05, 0) is 41.0 Å². The fourth-order valence-electron chi connectivity index (χ4n) is 4.02. The first-order valence-electron chi connectivity index (χ1n) is 10.8. The first-order chi connectivity index (χ1) is 16.6. The monoisotopic (exact) mass is 462 g/mol. The van der Waals surface area contributed by atoms with Crippen molar-refractivity contribution < 1.29 is 33.0 Å². The number of esters is 1. The Morgan fingerprint density at radius 1 is 1.00 bits per heavy atom. The molecule has 5 rings (SSSR count). The van der Waals surface area contributed by atoms with Crippen LogP contribution >= 0.6 is 0 Å². The second kappa shape index (κ2) is 9.30. The van der Waals surface area contributed by atoms with Crippen LogP contribution in [0.4, 0.5) is 0 Å². The van der Waals surface area contributed by atoms with E-state index in [0.717, 1.165) is 16.7 Å². The molecule has 2 aromatic carbocycles. The average molecular weight is 462 g/mol. The molecule has 3 aromatic rings. The van der Waals surface area contributed by atoms with E-state index in [9.17, 15) is 14.4 Å². The van der Waals surface area contributed by atoms with Crippen molar-refractivity contribution in [3.05, 3.63) is 83.3 Å².